The first-order valence-electron chi connectivity index (χ1n) is 7.78. The number of nitrogens with zero attached hydrogens (tertiary/aromatic N) is 1. The fourth-order valence-electron chi connectivity index (χ4n) is 2.29. The number of rotatable bonds is 5. The van der Waals surface area contributed by atoms with Gasteiger partial charge in [-0.25, -0.2) is 4.79 Å². The lowest BCUT2D eigenvalue weighted by Crippen LogP contribution is -2.09. The van der Waals surface area contributed by atoms with Crippen LogP contribution in [0.2, 0.25) is 0 Å². The molecule has 2 aromatic carbocycles. The molecule has 0 bridgehead atoms. The number of hydrogen-bond acceptors (Lipinski definition) is 5. The Morgan fingerprint density at radius 2 is 1.84 bits per heavy atom. The third-order valence-corrected chi connectivity index (χ3v) is 4.43. The van der Waals surface area contributed by atoms with E-state index in [-0.39, 0.29) is 11.4 Å². The van der Waals surface area contributed by atoms with Gasteiger partial charge in [-0.3, -0.25) is 9.89 Å². The van der Waals surface area contributed by atoms with Gasteiger partial charge in [-0.05, 0) is 19.1 Å². The smallest absolute Gasteiger partial charge is 0.339 e. The number of H-pyrrole nitrogens is 1. The molecule has 0 atom stereocenters. The molecule has 0 saturated heterocycles. The summed E-state index contributed by atoms with van der Waals surface area (Å²) in [6.07, 6.45) is 0. The van der Waals surface area contributed by atoms with Crippen molar-refractivity contribution >= 4 is 17.7 Å². The molecule has 0 aliphatic heterocycles. The van der Waals surface area contributed by atoms with Gasteiger partial charge in [0.05, 0.1) is 17.2 Å². The van der Waals surface area contributed by atoms with Crippen LogP contribution < -0.4 is 5.43 Å². The van der Waals surface area contributed by atoms with E-state index in [0.717, 1.165) is 5.56 Å². The summed E-state index contributed by atoms with van der Waals surface area (Å²) in [5, 5.41) is 7.62. The van der Waals surface area contributed by atoms with Crippen LogP contribution in [-0.2, 0) is 4.74 Å². The SMILES string of the molecule is CCOC(=O)c1ccccc1Sc1cc(=O)c(-c2ccccc2)n[nH]1. The van der Waals surface area contributed by atoms with Crippen molar-refractivity contribution in [2.45, 2.75) is 16.8 Å². The second-order valence-corrected chi connectivity index (χ2v) is 6.21. The Balaban J connectivity index is 1.89. The lowest BCUT2D eigenvalue weighted by molar-refractivity contribution is 0.0522. The molecule has 0 aliphatic carbocycles. The van der Waals surface area contributed by atoms with Crippen molar-refractivity contribution in [3.63, 3.8) is 0 Å². The number of nitrogens with one attached hydrogen (secondary N) is 1. The molecule has 3 rings (SSSR count). The summed E-state index contributed by atoms with van der Waals surface area (Å²) in [6, 6.07) is 17.9. The summed E-state index contributed by atoms with van der Waals surface area (Å²) in [6.45, 7) is 2.07. The minimum absolute atomic E-state index is 0.180. The van der Waals surface area contributed by atoms with Gasteiger partial charge in [0, 0.05) is 16.5 Å². The number of carbonyl (C=O) groups is 1. The van der Waals surface area contributed by atoms with Gasteiger partial charge >= 0.3 is 5.97 Å². The van der Waals surface area contributed by atoms with E-state index in [2.05, 4.69) is 10.2 Å². The van der Waals surface area contributed by atoms with E-state index >= 15 is 0 Å². The van der Waals surface area contributed by atoms with Gasteiger partial charge in [-0.15, -0.1) is 0 Å². The summed E-state index contributed by atoms with van der Waals surface area (Å²) in [7, 11) is 0. The molecule has 3 aromatic rings. The molecule has 25 heavy (non-hydrogen) atoms. The third-order valence-electron chi connectivity index (χ3n) is 3.42. The number of hydrogen-bond donors (Lipinski definition) is 1. The molecule has 0 radical (unpaired) electrons. The molecule has 0 amide bonds. The lowest BCUT2D eigenvalue weighted by atomic mass is 10.1. The second-order valence-electron chi connectivity index (χ2n) is 5.13. The van der Waals surface area contributed by atoms with Gasteiger partial charge in [-0.2, -0.15) is 5.10 Å². The first-order valence-corrected chi connectivity index (χ1v) is 8.60. The third kappa shape index (κ3) is 3.97. The quantitative estimate of drug-likeness (QED) is 0.708. The minimum Gasteiger partial charge on any atom is -0.462 e. The Bertz CT molecular complexity index is 939. The normalized spacial score (nSPS) is 10.4. The Hall–Kier alpha value is -2.86. The molecule has 1 heterocycles. The van der Waals surface area contributed by atoms with Gasteiger partial charge in [0.15, 0.2) is 0 Å². The number of benzene rings is 2. The van der Waals surface area contributed by atoms with E-state index in [4.69, 9.17) is 4.74 Å². The Morgan fingerprint density at radius 3 is 2.56 bits per heavy atom. The first-order chi connectivity index (χ1) is 12.2. The van der Waals surface area contributed by atoms with Crippen molar-refractivity contribution in [2.75, 3.05) is 6.61 Å². The average molecular weight is 352 g/mol. The maximum absolute atomic E-state index is 12.4. The fraction of sp³-hybridized carbons (Fsp3) is 0.105. The van der Waals surface area contributed by atoms with Crippen LogP contribution in [-0.4, -0.2) is 22.8 Å². The van der Waals surface area contributed by atoms with E-state index in [0.29, 0.717) is 27.8 Å². The van der Waals surface area contributed by atoms with Crippen molar-refractivity contribution < 1.29 is 9.53 Å². The second kappa shape index (κ2) is 7.81. The van der Waals surface area contributed by atoms with Crippen molar-refractivity contribution in [2.24, 2.45) is 0 Å². The van der Waals surface area contributed by atoms with Crippen molar-refractivity contribution in [3.8, 4) is 11.3 Å². The molecule has 5 nitrogen and oxygen atoms in total. The summed E-state index contributed by atoms with van der Waals surface area (Å²) in [5.41, 5.74) is 1.40. The summed E-state index contributed by atoms with van der Waals surface area (Å²) < 4.78 is 5.07. The molecule has 0 spiro atoms. The maximum Gasteiger partial charge on any atom is 0.339 e. The Kier molecular flexibility index (Phi) is 5.30. The maximum atomic E-state index is 12.4. The highest BCUT2D eigenvalue weighted by molar-refractivity contribution is 7.99. The number of aromatic nitrogens is 2. The highest BCUT2D eigenvalue weighted by Gasteiger charge is 2.14. The Morgan fingerprint density at radius 1 is 1.12 bits per heavy atom. The standard InChI is InChI=1S/C19H16N2O3S/c1-2-24-19(23)14-10-6-7-11-16(14)25-17-12-15(22)18(21-20-17)13-8-4-3-5-9-13/h3-12H,2H2,1H3,(H,20,22). The molecule has 0 saturated carbocycles. The van der Waals surface area contributed by atoms with Crippen LogP contribution in [0.15, 0.2) is 75.4 Å². The largest absolute Gasteiger partial charge is 0.462 e. The number of ether oxygens (including phenoxy) is 1. The van der Waals surface area contributed by atoms with Gasteiger partial charge in [-0.1, -0.05) is 54.2 Å². The zero-order valence-electron chi connectivity index (χ0n) is 13.6. The number of aromatic amines is 1. The summed E-state index contributed by atoms with van der Waals surface area (Å²) in [5.74, 6) is -0.387. The van der Waals surface area contributed by atoms with Crippen LogP contribution in [0.4, 0.5) is 0 Å². The first kappa shape index (κ1) is 17.0. The van der Waals surface area contributed by atoms with Gasteiger partial charge in [0.1, 0.15) is 5.69 Å². The fourth-order valence-corrected chi connectivity index (χ4v) is 3.19. The molecule has 1 aromatic heterocycles. The molecular weight excluding hydrogens is 336 g/mol. The van der Waals surface area contributed by atoms with Crippen molar-refractivity contribution in [1.82, 2.24) is 10.2 Å². The van der Waals surface area contributed by atoms with E-state index in [1.807, 2.05) is 36.4 Å². The molecule has 126 valence electrons. The lowest BCUT2D eigenvalue weighted by Gasteiger charge is -2.08. The monoisotopic (exact) mass is 352 g/mol. The van der Waals surface area contributed by atoms with E-state index in [1.54, 1.807) is 25.1 Å². The zero-order valence-corrected chi connectivity index (χ0v) is 14.4. The molecule has 0 aliphatic rings. The van der Waals surface area contributed by atoms with E-state index < -0.39 is 0 Å². The molecule has 0 unspecified atom stereocenters. The summed E-state index contributed by atoms with van der Waals surface area (Å²) in [4.78, 5) is 25.1. The van der Waals surface area contributed by atoms with Crippen LogP contribution in [0, 0.1) is 0 Å². The number of esters is 1. The van der Waals surface area contributed by atoms with Crippen LogP contribution in [0.3, 0.4) is 0 Å². The molecule has 6 heteroatoms. The van der Waals surface area contributed by atoms with E-state index in [9.17, 15) is 9.59 Å². The topological polar surface area (TPSA) is 72.1 Å². The highest BCUT2D eigenvalue weighted by Crippen LogP contribution is 2.29. The predicted molar refractivity (Wildman–Crippen MR) is 96.8 cm³/mol. The summed E-state index contributed by atoms with van der Waals surface area (Å²) >= 11 is 1.27. The van der Waals surface area contributed by atoms with E-state index in [1.165, 1.54) is 17.8 Å². The predicted octanol–water partition coefficient (Wildman–Crippen LogP) is 3.76. The zero-order chi connectivity index (χ0) is 17.6. The average Bonchev–Trinajstić information content (AvgIpc) is 2.63. The van der Waals surface area contributed by atoms with Crippen molar-refractivity contribution in [3.05, 3.63) is 76.5 Å². The van der Waals surface area contributed by atoms with Gasteiger partial charge in [0.25, 0.3) is 0 Å². The molecular formula is C19H16N2O3S. The number of carbonyl (C=O) groups excluding carboxylic acids is 1. The highest BCUT2D eigenvalue weighted by atomic mass is 32.2. The van der Waals surface area contributed by atoms with Crippen LogP contribution >= 0.6 is 11.8 Å². The molecule has 0 fully saturated rings. The van der Waals surface area contributed by atoms with Crippen molar-refractivity contribution in [1.29, 1.82) is 0 Å². The van der Waals surface area contributed by atoms with Crippen LogP contribution in [0.1, 0.15) is 17.3 Å². The molecule has 1 N–H and O–H groups in total. The Labute approximate surface area is 149 Å². The van der Waals surface area contributed by atoms with Gasteiger partial charge < -0.3 is 4.74 Å². The van der Waals surface area contributed by atoms with Crippen LogP contribution in [0.5, 0.6) is 0 Å². The van der Waals surface area contributed by atoms with Gasteiger partial charge in [0.2, 0.25) is 5.43 Å². The van der Waals surface area contributed by atoms with Crippen LogP contribution in [0.25, 0.3) is 11.3 Å². The minimum atomic E-state index is -0.387.